The Morgan fingerprint density at radius 2 is 1.90 bits per heavy atom. The van der Waals surface area contributed by atoms with Crippen molar-refractivity contribution in [1.82, 2.24) is 0 Å². The summed E-state index contributed by atoms with van der Waals surface area (Å²) in [5.41, 5.74) is 2.41. The van der Waals surface area contributed by atoms with Crippen LogP contribution in [-0.2, 0) is 4.79 Å². The average molecular weight is 278 g/mol. The van der Waals surface area contributed by atoms with Crippen molar-refractivity contribution >= 4 is 11.8 Å². The van der Waals surface area contributed by atoms with Crippen LogP contribution >= 0.6 is 0 Å². The van der Waals surface area contributed by atoms with E-state index < -0.39 is 5.97 Å². The summed E-state index contributed by atoms with van der Waals surface area (Å²) in [6, 6.07) is 3.71. The van der Waals surface area contributed by atoms with E-state index in [2.05, 4.69) is 0 Å². The molecule has 1 aromatic carbocycles. The van der Waals surface area contributed by atoms with Gasteiger partial charge in [-0.1, -0.05) is 13.8 Å². The number of carboxylic acids is 1. The van der Waals surface area contributed by atoms with Gasteiger partial charge in [0.15, 0.2) is 5.78 Å². The summed E-state index contributed by atoms with van der Waals surface area (Å²) in [7, 11) is 0. The minimum atomic E-state index is -0.953. The highest BCUT2D eigenvalue weighted by molar-refractivity contribution is 5.99. The van der Waals surface area contributed by atoms with E-state index in [9.17, 15) is 9.59 Å². The van der Waals surface area contributed by atoms with Gasteiger partial charge in [0, 0.05) is 12.0 Å². The second kappa shape index (κ2) is 7.08. The molecule has 0 aromatic heterocycles. The van der Waals surface area contributed by atoms with Crippen LogP contribution in [0.3, 0.4) is 0 Å². The quantitative estimate of drug-likeness (QED) is 0.774. The first-order valence-corrected chi connectivity index (χ1v) is 6.89. The van der Waals surface area contributed by atoms with Crippen molar-refractivity contribution in [2.24, 2.45) is 0 Å². The Balaban J connectivity index is 3.11. The highest BCUT2D eigenvalue weighted by Crippen LogP contribution is 2.30. The number of carbonyl (C=O) groups is 2. The van der Waals surface area contributed by atoms with Crippen molar-refractivity contribution < 1.29 is 19.4 Å². The van der Waals surface area contributed by atoms with Gasteiger partial charge < -0.3 is 9.84 Å². The smallest absolute Gasteiger partial charge is 0.303 e. The van der Waals surface area contributed by atoms with E-state index in [4.69, 9.17) is 9.84 Å². The number of hydrogen-bond donors (Lipinski definition) is 1. The Bertz CT molecular complexity index is 503. The summed E-state index contributed by atoms with van der Waals surface area (Å²) in [5.74, 6) is -0.0428. The molecule has 4 nitrogen and oxygen atoms in total. The zero-order valence-electron chi connectivity index (χ0n) is 12.5. The summed E-state index contributed by atoms with van der Waals surface area (Å²) < 4.78 is 5.61. The number of carbonyl (C=O) groups excluding carboxylic acids is 1. The lowest BCUT2D eigenvalue weighted by Crippen LogP contribution is -2.08. The number of hydrogen-bond acceptors (Lipinski definition) is 3. The molecule has 0 spiro atoms. The number of Topliss-reactive ketones (excluding diaryl/α,β-unsaturated/α-hetero) is 1. The summed E-state index contributed by atoms with van der Waals surface area (Å²) in [5, 5.41) is 8.66. The molecule has 0 radical (unpaired) electrons. The van der Waals surface area contributed by atoms with Crippen LogP contribution in [0.2, 0.25) is 0 Å². The van der Waals surface area contributed by atoms with Crippen molar-refractivity contribution in [3.05, 3.63) is 28.8 Å². The van der Waals surface area contributed by atoms with Gasteiger partial charge in [0.25, 0.3) is 0 Å². The number of benzene rings is 1. The lowest BCUT2D eigenvalue weighted by atomic mass is 9.93. The SMILES string of the molecule is CCOc1cc(C)c(C(=O)CCC(=O)O)cc1C(C)C. The zero-order valence-corrected chi connectivity index (χ0v) is 12.5. The monoisotopic (exact) mass is 278 g/mol. The highest BCUT2D eigenvalue weighted by Gasteiger charge is 2.16. The predicted molar refractivity (Wildman–Crippen MR) is 77.6 cm³/mol. The molecule has 0 amide bonds. The van der Waals surface area contributed by atoms with Crippen molar-refractivity contribution in [2.45, 2.75) is 46.5 Å². The molecule has 1 N–H and O–H groups in total. The Kier molecular flexibility index (Phi) is 5.74. The molecule has 0 atom stereocenters. The molecule has 0 aliphatic heterocycles. The molecular weight excluding hydrogens is 256 g/mol. The van der Waals surface area contributed by atoms with Crippen LogP contribution in [0, 0.1) is 6.92 Å². The minimum absolute atomic E-state index is 0.0295. The number of ether oxygens (including phenoxy) is 1. The van der Waals surface area contributed by atoms with E-state index in [1.54, 1.807) is 0 Å². The average Bonchev–Trinajstić information content (AvgIpc) is 2.36. The van der Waals surface area contributed by atoms with Gasteiger partial charge >= 0.3 is 5.97 Å². The van der Waals surface area contributed by atoms with Crippen LogP contribution in [0.15, 0.2) is 12.1 Å². The summed E-state index contributed by atoms with van der Waals surface area (Å²) in [4.78, 5) is 22.7. The number of rotatable bonds is 7. The standard InChI is InChI=1S/C16H22O4/c1-5-20-15-8-11(4)13(9-12(15)10(2)3)14(17)6-7-16(18)19/h8-10H,5-7H2,1-4H3,(H,18,19). The van der Waals surface area contributed by atoms with E-state index in [0.29, 0.717) is 12.2 Å². The van der Waals surface area contributed by atoms with Gasteiger partial charge in [0.05, 0.1) is 13.0 Å². The van der Waals surface area contributed by atoms with Gasteiger partial charge in [-0.05, 0) is 43.0 Å². The lowest BCUT2D eigenvalue weighted by Gasteiger charge is -2.16. The van der Waals surface area contributed by atoms with Crippen LogP contribution in [0.4, 0.5) is 0 Å². The Labute approximate surface area is 119 Å². The van der Waals surface area contributed by atoms with Crippen LogP contribution < -0.4 is 4.74 Å². The Morgan fingerprint density at radius 3 is 2.40 bits per heavy atom. The van der Waals surface area contributed by atoms with E-state index in [1.165, 1.54) is 0 Å². The van der Waals surface area contributed by atoms with Gasteiger partial charge in [0.1, 0.15) is 5.75 Å². The van der Waals surface area contributed by atoms with Crippen molar-refractivity contribution in [3.63, 3.8) is 0 Å². The van der Waals surface area contributed by atoms with Gasteiger partial charge in [-0.3, -0.25) is 9.59 Å². The first kappa shape index (κ1) is 16.2. The molecule has 1 aromatic rings. The second-order valence-electron chi connectivity index (χ2n) is 5.11. The van der Waals surface area contributed by atoms with Gasteiger partial charge in [-0.25, -0.2) is 0 Å². The fraction of sp³-hybridized carbons (Fsp3) is 0.500. The predicted octanol–water partition coefficient (Wildman–Crippen LogP) is 3.56. The maximum atomic E-state index is 12.1. The number of aliphatic carboxylic acids is 1. The van der Waals surface area contributed by atoms with Gasteiger partial charge in [0.2, 0.25) is 0 Å². The lowest BCUT2D eigenvalue weighted by molar-refractivity contribution is -0.136. The molecule has 20 heavy (non-hydrogen) atoms. The van der Waals surface area contributed by atoms with Gasteiger partial charge in [-0.15, -0.1) is 0 Å². The third-order valence-electron chi connectivity index (χ3n) is 3.14. The fourth-order valence-corrected chi connectivity index (χ4v) is 2.09. The van der Waals surface area contributed by atoms with Crippen molar-refractivity contribution in [3.8, 4) is 5.75 Å². The van der Waals surface area contributed by atoms with Crippen LogP contribution in [-0.4, -0.2) is 23.5 Å². The molecule has 0 aliphatic carbocycles. The number of carboxylic acid groups (broad SMARTS) is 1. The fourth-order valence-electron chi connectivity index (χ4n) is 2.09. The van der Waals surface area contributed by atoms with Gasteiger partial charge in [-0.2, -0.15) is 0 Å². The molecule has 0 bridgehead atoms. The molecule has 0 unspecified atom stereocenters. The molecule has 0 aliphatic rings. The molecule has 1 rings (SSSR count). The normalized spacial score (nSPS) is 10.7. The van der Waals surface area contributed by atoms with E-state index in [0.717, 1.165) is 16.9 Å². The third-order valence-corrected chi connectivity index (χ3v) is 3.14. The van der Waals surface area contributed by atoms with Crippen LogP contribution in [0.25, 0.3) is 0 Å². The summed E-state index contributed by atoms with van der Waals surface area (Å²) >= 11 is 0. The molecule has 110 valence electrons. The number of ketones is 1. The Morgan fingerprint density at radius 1 is 1.25 bits per heavy atom. The molecule has 0 heterocycles. The Hall–Kier alpha value is -1.84. The van der Waals surface area contributed by atoms with E-state index in [-0.39, 0.29) is 24.5 Å². The molecule has 4 heteroatoms. The maximum absolute atomic E-state index is 12.1. The molecular formula is C16H22O4. The summed E-state index contributed by atoms with van der Waals surface area (Å²) in [6.07, 6.45) is -0.107. The first-order chi connectivity index (χ1) is 9.36. The van der Waals surface area contributed by atoms with E-state index >= 15 is 0 Å². The maximum Gasteiger partial charge on any atom is 0.303 e. The van der Waals surface area contributed by atoms with Crippen LogP contribution in [0.1, 0.15) is 61.0 Å². The highest BCUT2D eigenvalue weighted by atomic mass is 16.5. The topological polar surface area (TPSA) is 63.6 Å². The molecule has 0 fully saturated rings. The van der Waals surface area contributed by atoms with E-state index in [1.807, 2.05) is 39.8 Å². The minimum Gasteiger partial charge on any atom is -0.494 e. The number of aryl methyl sites for hydroxylation is 1. The first-order valence-electron chi connectivity index (χ1n) is 6.89. The third kappa shape index (κ3) is 4.08. The second-order valence-corrected chi connectivity index (χ2v) is 5.11. The largest absolute Gasteiger partial charge is 0.494 e. The van der Waals surface area contributed by atoms with Crippen LogP contribution in [0.5, 0.6) is 5.75 Å². The zero-order chi connectivity index (χ0) is 15.3. The molecule has 0 saturated heterocycles. The molecule has 0 saturated carbocycles. The summed E-state index contributed by atoms with van der Waals surface area (Å²) in [6.45, 7) is 8.43. The van der Waals surface area contributed by atoms with Crippen molar-refractivity contribution in [1.29, 1.82) is 0 Å². The van der Waals surface area contributed by atoms with Crippen molar-refractivity contribution in [2.75, 3.05) is 6.61 Å².